The molecule has 0 spiro atoms. The lowest BCUT2D eigenvalue weighted by Gasteiger charge is -2.10. The molecule has 2 rings (SSSR count). The predicted molar refractivity (Wildman–Crippen MR) is 73.5 cm³/mol. The molecule has 0 saturated heterocycles. The van der Waals surface area contributed by atoms with Crippen LogP contribution in [0.3, 0.4) is 0 Å². The molecule has 0 radical (unpaired) electrons. The summed E-state index contributed by atoms with van der Waals surface area (Å²) in [4.78, 5) is 0. The Kier molecular flexibility index (Phi) is 4.15. The minimum absolute atomic E-state index is 0.139. The lowest BCUT2D eigenvalue weighted by molar-refractivity contribution is 0.531. The maximum absolute atomic E-state index is 6.09. The molecule has 1 aromatic carbocycles. The summed E-state index contributed by atoms with van der Waals surface area (Å²) in [7, 11) is 0. The molecule has 0 saturated carbocycles. The van der Waals surface area contributed by atoms with E-state index in [0.29, 0.717) is 21.1 Å². The highest BCUT2D eigenvalue weighted by Crippen LogP contribution is 2.28. The Labute approximate surface area is 118 Å². The summed E-state index contributed by atoms with van der Waals surface area (Å²) < 4.78 is 5.83. The van der Waals surface area contributed by atoms with Crippen molar-refractivity contribution in [1.82, 2.24) is 0 Å². The first kappa shape index (κ1) is 13.0. The summed E-state index contributed by atoms with van der Waals surface area (Å²) in [6.45, 7) is 0. The fourth-order valence-corrected chi connectivity index (χ4v) is 2.46. The molecular weight excluding hydrogens is 325 g/mol. The molecule has 1 unspecified atom stereocenters. The summed E-state index contributed by atoms with van der Waals surface area (Å²) in [5, 5.41) is 1.09. The van der Waals surface area contributed by atoms with Crippen LogP contribution in [-0.4, -0.2) is 0 Å². The van der Waals surface area contributed by atoms with Crippen LogP contribution in [0, 0.1) is 0 Å². The number of halogens is 3. The van der Waals surface area contributed by atoms with Crippen molar-refractivity contribution < 1.29 is 4.42 Å². The van der Waals surface area contributed by atoms with Crippen molar-refractivity contribution in [2.45, 2.75) is 12.5 Å². The first-order valence-electron chi connectivity index (χ1n) is 5.00. The summed E-state index contributed by atoms with van der Waals surface area (Å²) in [6, 6.07) is 7.24. The summed E-state index contributed by atoms with van der Waals surface area (Å²) in [5.41, 5.74) is 8.08. The Bertz CT molecular complexity index is 527. The maximum Gasteiger partial charge on any atom is 0.173 e. The van der Waals surface area contributed by atoms with Gasteiger partial charge in [0.15, 0.2) is 4.67 Å². The second-order valence-electron chi connectivity index (χ2n) is 3.71. The highest BCUT2D eigenvalue weighted by Gasteiger charge is 2.13. The van der Waals surface area contributed by atoms with E-state index in [9.17, 15) is 0 Å². The van der Waals surface area contributed by atoms with Crippen LogP contribution in [0.2, 0.25) is 10.0 Å². The van der Waals surface area contributed by atoms with Crippen LogP contribution in [0.15, 0.2) is 39.6 Å². The molecule has 90 valence electrons. The largest absolute Gasteiger partial charge is 0.457 e. The Morgan fingerprint density at radius 3 is 2.59 bits per heavy atom. The van der Waals surface area contributed by atoms with Gasteiger partial charge in [-0.2, -0.15) is 0 Å². The third-order valence-electron chi connectivity index (χ3n) is 2.49. The van der Waals surface area contributed by atoms with Crippen LogP contribution in [-0.2, 0) is 6.42 Å². The number of hydrogen-bond acceptors (Lipinski definition) is 2. The molecule has 0 aliphatic carbocycles. The van der Waals surface area contributed by atoms with E-state index in [4.69, 9.17) is 33.4 Å². The topological polar surface area (TPSA) is 39.2 Å². The highest BCUT2D eigenvalue weighted by molar-refractivity contribution is 9.10. The van der Waals surface area contributed by atoms with Crippen LogP contribution in [0.25, 0.3) is 0 Å². The minimum atomic E-state index is -0.139. The summed E-state index contributed by atoms with van der Waals surface area (Å²) in [5.74, 6) is 0. The fraction of sp³-hybridized carbons (Fsp3) is 0.167. The van der Waals surface area contributed by atoms with Crippen LogP contribution in [0.4, 0.5) is 0 Å². The van der Waals surface area contributed by atoms with Crippen molar-refractivity contribution in [2.75, 3.05) is 0 Å². The Morgan fingerprint density at radius 2 is 2.00 bits per heavy atom. The summed E-state index contributed by atoms with van der Waals surface area (Å²) in [6.07, 6.45) is 2.28. The van der Waals surface area contributed by atoms with Gasteiger partial charge in [-0.25, -0.2) is 0 Å². The van der Waals surface area contributed by atoms with E-state index < -0.39 is 0 Å². The minimum Gasteiger partial charge on any atom is -0.457 e. The van der Waals surface area contributed by atoms with Gasteiger partial charge in [0.1, 0.15) is 0 Å². The first-order valence-corrected chi connectivity index (χ1v) is 6.55. The molecule has 17 heavy (non-hydrogen) atoms. The van der Waals surface area contributed by atoms with Crippen LogP contribution in [0.5, 0.6) is 0 Å². The van der Waals surface area contributed by atoms with E-state index >= 15 is 0 Å². The van der Waals surface area contributed by atoms with Crippen molar-refractivity contribution in [2.24, 2.45) is 5.73 Å². The molecule has 2 N–H and O–H groups in total. The summed E-state index contributed by atoms with van der Waals surface area (Å²) >= 11 is 15.1. The molecule has 2 aromatic rings. The quantitative estimate of drug-likeness (QED) is 0.891. The number of nitrogens with two attached hydrogens (primary N) is 1. The Balaban J connectivity index is 2.16. The van der Waals surface area contributed by atoms with Gasteiger partial charge in [0, 0.05) is 11.6 Å². The van der Waals surface area contributed by atoms with Crippen molar-refractivity contribution in [3.8, 4) is 0 Å². The normalized spacial score (nSPS) is 12.7. The van der Waals surface area contributed by atoms with Crippen molar-refractivity contribution in [3.63, 3.8) is 0 Å². The maximum atomic E-state index is 6.09. The van der Waals surface area contributed by atoms with Crippen LogP contribution >= 0.6 is 39.1 Å². The number of rotatable bonds is 3. The molecule has 1 aromatic heterocycles. The van der Waals surface area contributed by atoms with Crippen molar-refractivity contribution >= 4 is 39.1 Å². The van der Waals surface area contributed by atoms with Crippen molar-refractivity contribution in [3.05, 3.63) is 56.4 Å². The molecule has 0 fully saturated rings. The number of furan rings is 1. The van der Waals surface area contributed by atoms with Gasteiger partial charge in [-0.1, -0.05) is 29.3 Å². The zero-order valence-electron chi connectivity index (χ0n) is 8.79. The number of hydrogen-bond donors (Lipinski definition) is 1. The van der Waals surface area contributed by atoms with Gasteiger partial charge in [0.25, 0.3) is 0 Å². The highest BCUT2D eigenvalue weighted by atomic mass is 79.9. The van der Waals surface area contributed by atoms with E-state index in [1.54, 1.807) is 12.3 Å². The third kappa shape index (κ3) is 3.05. The monoisotopic (exact) mass is 333 g/mol. The smallest absolute Gasteiger partial charge is 0.173 e. The van der Waals surface area contributed by atoms with Crippen LogP contribution in [0.1, 0.15) is 17.2 Å². The fourth-order valence-electron chi connectivity index (χ4n) is 1.60. The zero-order valence-corrected chi connectivity index (χ0v) is 11.9. The van der Waals surface area contributed by atoms with Gasteiger partial charge in [-0.15, -0.1) is 0 Å². The third-order valence-corrected chi connectivity index (χ3v) is 3.87. The Morgan fingerprint density at radius 1 is 1.24 bits per heavy atom. The molecule has 0 aliphatic heterocycles. The molecule has 0 bridgehead atoms. The standard InChI is InChI=1S/C12H10BrCl2NO/c13-12-8(3-4-17-12)11(16)6-7-1-2-9(14)10(15)5-7/h1-5,11H,6,16H2. The van der Waals surface area contributed by atoms with Gasteiger partial charge in [0.05, 0.1) is 16.3 Å². The van der Waals surface area contributed by atoms with Gasteiger partial charge in [0.2, 0.25) is 0 Å². The van der Waals surface area contributed by atoms with Gasteiger partial charge < -0.3 is 10.2 Å². The lowest BCUT2D eigenvalue weighted by Crippen LogP contribution is -2.13. The SMILES string of the molecule is NC(Cc1ccc(Cl)c(Cl)c1)c1ccoc1Br. The van der Waals surface area contributed by atoms with E-state index in [1.165, 1.54) is 0 Å². The van der Waals surface area contributed by atoms with Gasteiger partial charge >= 0.3 is 0 Å². The van der Waals surface area contributed by atoms with E-state index in [0.717, 1.165) is 11.1 Å². The Hall–Kier alpha value is -0.480. The molecule has 0 amide bonds. The predicted octanol–water partition coefficient (Wildman–Crippen LogP) is 4.59. The second-order valence-corrected chi connectivity index (χ2v) is 5.24. The van der Waals surface area contributed by atoms with E-state index in [-0.39, 0.29) is 6.04 Å². The molecule has 1 heterocycles. The molecule has 2 nitrogen and oxygen atoms in total. The van der Waals surface area contributed by atoms with Gasteiger partial charge in [-0.3, -0.25) is 0 Å². The average molecular weight is 335 g/mol. The van der Waals surface area contributed by atoms with Crippen molar-refractivity contribution in [1.29, 1.82) is 0 Å². The number of benzene rings is 1. The second kappa shape index (κ2) is 5.44. The molecule has 1 atom stereocenters. The zero-order chi connectivity index (χ0) is 12.4. The van der Waals surface area contributed by atoms with E-state index in [2.05, 4.69) is 15.9 Å². The molecular formula is C12H10BrCl2NO. The average Bonchev–Trinajstić information content (AvgIpc) is 2.70. The molecule has 0 aliphatic rings. The molecule has 5 heteroatoms. The van der Waals surface area contributed by atoms with E-state index in [1.807, 2.05) is 18.2 Å². The lowest BCUT2D eigenvalue weighted by atomic mass is 10.0. The van der Waals surface area contributed by atoms with Gasteiger partial charge in [-0.05, 0) is 46.1 Å². The first-order chi connectivity index (χ1) is 8.08. The van der Waals surface area contributed by atoms with Crippen LogP contribution < -0.4 is 5.73 Å².